The van der Waals surface area contributed by atoms with Crippen LogP contribution in [-0.2, 0) is 0 Å². The van der Waals surface area contributed by atoms with Crippen LogP contribution in [0.15, 0.2) is 0 Å². The molecule has 8 nitrogen and oxygen atoms in total. The first-order valence-electron chi connectivity index (χ1n) is 24.3. The lowest BCUT2D eigenvalue weighted by atomic mass is 9.64. The van der Waals surface area contributed by atoms with Crippen LogP contribution in [0.3, 0.4) is 0 Å². The van der Waals surface area contributed by atoms with E-state index >= 15 is 0 Å². The molecular weight excluding hydrogens is 721 g/mol. The molecule has 8 heteroatoms. The van der Waals surface area contributed by atoms with E-state index in [2.05, 4.69) is 121 Å². The Balaban J connectivity index is 2.30. The standard InChI is InChI=1S/C50H98N4O4/c1-35(2)21-25-47(13)33-43(41(31-39(9)10)49(15,51-47)27-23-37(5)6)53(45(55)56)29-19-17-18-20-30-54(46(57)58)44-34-48(14,26-22-36(3)4)52-50(16,28-24-38(7)8)42(44)32-40(11)12/h35-44,51-52H,17-34H2,1-16H3,(H,55,56)(H,57,58). The minimum atomic E-state index is -0.793. The quantitative estimate of drug-likeness (QED) is 0.0684. The molecule has 342 valence electrons. The van der Waals surface area contributed by atoms with E-state index in [1.54, 1.807) is 0 Å². The van der Waals surface area contributed by atoms with Crippen LogP contribution < -0.4 is 10.6 Å². The van der Waals surface area contributed by atoms with Crippen LogP contribution in [0.1, 0.15) is 214 Å². The first kappa shape index (κ1) is 52.6. The Morgan fingerprint density at radius 2 is 0.793 bits per heavy atom. The van der Waals surface area contributed by atoms with Gasteiger partial charge in [-0.3, -0.25) is 0 Å². The molecule has 2 amide bonds. The topological polar surface area (TPSA) is 105 Å². The number of unbranched alkanes of at least 4 members (excludes halogenated alkanes) is 3. The molecule has 8 unspecified atom stereocenters. The van der Waals surface area contributed by atoms with Crippen LogP contribution in [0.4, 0.5) is 9.59 Å². The van der Waals surface area contributed by atoms with Gasteiger partial charge in [-0.05, 0) is 165 Å². The van der Waals surface area contributed by atoms with E-state index < -0.39 is 12.2 Å². The number of amides is 2. The Morgan fingerprint density at radius 3 is 1.05 bits per heavy atom. The van der Waals surface area contributed by atoms with Gasteiger partial charge in [0.2, 0.25) is 0 Å². The molecule has 0 aromatic rings. The highest BCUT2D eigenvalue weighted by molar-refractivity contribution is 5.66. The van der Waals surface area contributed by atoms with E-state index in [9.17, 15) is 19.8 Å². The number of hydrogen-bond acceptors (Lipinski definition) is 4. The lowest BCUT2D eigenvalue weighted by Gasteiger charge is -2.57. The fourth-order valence-corrected chi connectivity index (χ4v) is 11.2. The molecule has 2 saturated heterocycles. The maximum absolute atomic E-state index is 13.3. The van der Waals surface area contributed by atoms with Gasteiger partial charge in [-0.2, -0.15) is 0 Å². The molecule has 0 spiro atoms. The summed E-state index contributed by atoms with van der Waals surface area (Å²) in [4.78, 5) is 30.2. The average molecular weight is 819 g/mol. The second-order valence-corrected chi connectivity index (χ2v) is 23.3. The fraction of sp³-hybridized carbons (Fsp3) is 0.960. The van der Waals surface area contributed by atoms with Gasteiger partial charge in [0.05, 0.1) is 0 Å². The summed E-state index contributed by atoms with van der Waals surface area (Å²) in [5.74, 6) is 3.79. The smallest absolute Gasteiger partial charge is 0.407 e. The third kappa shape index (κ3) is 16.4. The normalized spacial score (nSPS) is 30.7. The Morgan fingerprint density at radius 1 is 0.500 bits per heavy atom. The van der Waals surface area contributed by atoms with Crippen molar-refractivity contribution in [2.75, 3.05) is 13.1 Å². The molecule has 2 aliphatic rings. The number of piperidine rings is 2. The SMILES string of the molecule is CC(C)CCC1(C)CC(N(CCCCCCN(C(=O)O)C2CC(C)(CCC(C)C)NC(C)(CCC(C)C)C2CC(C)C)C(=O)O)C(CC(C)C)C(C)(CCC(C)C)N1. The number of carboxylic acid groups (broad SMARTS) is 2. The molecular formula is C50H98N4O4. The van der Waals surface area contributed by atoms with Crippen molar-refractivity contribution in [1.29, 1.82) is 0 Å². The van der Waals surface area contributed by atoms with Gasteiger partial charge >= 0.3 is 12.2 Å². The predicted octanol–water partition coefficient (Wildman–Crippen LogP) is 13.3. The minimum absolute atomic E-state index is 0.0363. The lowest BCUT2D eigenvalue weighted by Crippen LogP contribution is -2.70. The van der Waals surface area contributed by atoms with Crippen LogP contribution in [0.5, 0.6) is 0 Å². The fourth-order valence-electron chi connectivity index (χ4n) is 11.2. The van der Waals surface area contributed by atoms with Crippen molar-refractivity contribution in [3.8, 4) is 0 Å². The minimum Gasteiger partial charge on any atom is -0.465 e. The summed E-state index contributed by atoms with van der Waals surface area (Å²) < 4.78 is 0. The zero-order chi connectivity index (χ0) is 44.2. The number of hydrogen-bond donors (Lipinski definition) is 4. The van der Waals surface area contributed by atoms with Crippen LogP contribution in [-0.4, -0.2) is 79.5 Å². The van der Waals surface area contributed by atoms with Gasteiger partial charge in [0.15, 0.2) is 0 Å². The van der Waals surface area contributed by atoms with E-state index in [-0.39, 0.29) is 46.1 Å². The summed E-state index contributed by atoms with van der Waals surface area (Å²) in [7, 11) is 0. The zero-order valence-corrected chi connectivity index (χ0v) is 41.1. The Kier molecular flexibility index (Phi) is 20.9. The molecule has 2 fully saturated rings. The highest BCUT2D eigenvalue weighted by atomic mass is 16.4. The maximum atomic E-state index is 13.3. The number of rotatable bonds is 25. The average Bonchev–Trinajstić information content (AvgIpc) is 3.08. The van der Waals surface area contributed by atoms with Crippen molar-refractivity contribution in [3.63, 3.8) is 0 Å². The summed E-state index contributed by atoms with van der Waals surface area (Å²) >= 11 is 0. The Hall–Kier alpha value is -1.54. The first-order chi connectivity index (χ1) is 26.7. The van der Waals surface area contributed by atoms with E-state index in [4.69, 9.17) is 0 Å². The monoisotopic (exact) mass is 819 g/mol. The zero-order valence-electron chi connectivity index (χ0n) is 41.1. The van der Waals surface area contributed by atoms with Crippen molar-refractivity contribution in [2.24, 2.45) is 47.3 Å². The van der Waals surface area contributed by atoms with Gasteiger partial charge in [-0.1, -0.05) is 95.9 Å². The van der Waals surface area contributed by atoms with Gasteiger partial charge < -0.3 is 30.6 Å². The largest absolute Gasteiger partial charge is 0.465 e. The molecule has 0 radical (unpaired) electrons. The highest BCUT2D eigenvalue weighted by Crippen LogP contribution is 2.46. The molecule has 2 rings (SSSR count). The number of nitrogens with one attached hydrogen (secondary N) is 2. The van der Waals surface area contributed by atoms with Gasteiger partial charge in [0, 0.05) is 47.3 Å². The second kappa shape index (κ2) is 23.1. The third-order valence-corrected chi connectivity index (χ3v) is 14.4. The maximum Gasteiger partial charge on any atom is 0.407 e. The van der Waals surface area contributed by atoms with E-state index in [0.29, 0.717) is 48.6 Å². The molecule has 0 saturated carbocycles. The van der Waals surface area contributed by atoms with E-state index in [0.717, 1.165) is 103 Å². The van der Waals surface area contributed by atoms with Crippen molar-refractivity contribution < 1.29 is 19.8 Å². The molecule has 58 heavy (non-hydrogen) atoms. The molecule has 0 bridgehead atoms. The molecule has 0 aromatic heterocycles. The summed E-state index contributed by atoms with van der Waals surface area (Å²) in [6, 6.07) is -0.0726. The van der Waals surface area contributed by atoms with Crippen molar-refractivity contribution >= 4 is 12.2 Å². The highest BCUT2D eigenvalue weighted by Gasteiger charge is 2.53. The summed E-state index contributed by atoms with van der Waals surface area (Å²) in [6.45, 7) is 38.0. The second-order valence-electron chi connectivity index (χ2n) is 23.3. The molecule has 0 aliphatic carbocycles. The lowest BCUT2D eigenvalue weighted by molar-refractivity contribution is -0.0200. The van der Waals surface area contributed by atoms with E-state index in [1.165, 1.54) is 0 Å². The summed E-state index contributed by atoms with van der Waals surface area (Å²) in [6.07, 6.45) is 14.2. The van der Waals surface area contributed by atoms with Gasteiger partial charge in [0.25, 0.3) is 0 Å². The number of nitrogens with zero attached hydrogens (tertiary/aromatic N) is 2. The third-order valence-electron chi connectivity index (χ3n) is 14.4. The van der Waals surface area contributed by atoms with Crippen LogP contribution >= 0.6 is 0 Å². The van der Waals surface area contributed by atoms with Gasteiger partial charge in [-0.25, -0.2) is 9.59 Å². The number of carbonyl (C=O) groups is 2. The van der Waals surface area contributed by atoms with Crippen molar-refractivity contribution in [1.82, 2.24) is 20.4 Å². The summed E-state index contributed by atoms with van der Waals surface area (Å²) in [5.41, 5.74) is -0.538. The molecule has 0 aromatic carbocycles. The van der Waals surface area contributed by atoms with Gasteiger partial charge in [-0.15, -0.1) is 0 Å². The molecule has 8 atom stereocenters. The molecule has 4 N–H and O–H groups in total. The summed E-state index contributed by atoms with van der Waals surface area (Å²) in [5, 5.41) is 30.1. The van der Waals surface area contributed by atoms with Crippen molar-refractivity contribution in [2.45, 2.75) is 248 Å². The van der Waals surface area contributed by atoms with E-state index in [1.807, 2.05) is 9.80 Å². The van der Waals surface area contributed by atoms with Crippen molar-refractivity contribution in [3.05, 3.63) is 0 Å². The van der Waals surface area contributed by atoms with Crippen LogP contribution in [0.2, 0.25) is 0 Å². The van der Waals surface area contributed by atoms with Crippen LogP contribution in [0, 0.1) is 47.3 Å². The Bertz CT molecular complexity index is 1130. The van der Waals surface area contributed by atoms with Gasteiger partial charge in [0.1, 0.15) is 0 Å². The van der Waals surface area contributed by atoms with Crippen LogP contribution in [0.25, 0.3) is 0 Å². The Labute approximate surface area is 359 Å². The first-order valence-corrected chi connectivity index (χ1v) is 24.3. The molecule has 2 heterocycles. The predicted molar refractivity (Wildman–Crippen MR) is 247 cm³/mol. The molecule has 2 aliphatic heterocycles.